The van der Waals surface area contributed by atoms with Gasteiger partial charge in [-0.15, -0.1) is 0 Å². The molecule has 2 aliphatic heterocycles. The highest BCUT2D eigenvalue weighted by Gasteiger charge is 2.35. The first-order valence-electron chi connectivity index (χ1n) is 10.5. The second kappa shape index (κ2) is 9.39. The number of ketones is 1. The summed E-state index contributed by atoms with van der Waals surface area (Å²) in [7, 11) is 0. The molecule has 2 aliphatic rings. The Morgan fingerprint density at radius 1 is 1.17 bits per heavy atom. The van der Waals surface area contributed by atoms with Gasteiger partial charge in [0.2, 0.25) is 5.91 Å². The van der Waals surface area contributed by atoms with Crippen LogP contribution in [-0.2, 0) is 14.3 Å². The van der Waals surface area contributed by atoms with E-state index < -0.39 is 12.1 Å². The van der Waals surface area contributed by atoms with Gasteiger partial charge in [0.1, 0.15) is 18.7 Å². The molecule has 158 valence electrons. The van der Waals surface area contributed by atoms with Crippen LogP contribution in [0.2, 0.25) is 0 Å². The maximum Gasteiger partial charge on any atom is 0.251 e. The van der Waals surface area contributed by atoms with E-state index in [0.29, 0.717) is 12.0 Å². The topological polar surface area (TPSA) is 87.7 Å². The van der Waals surface area contributed by atoms with Crippen LogP contribution in [0, 0.1) is 5.92 Å². The van der Waals surface area contributed by atoms with Crippen molar-refractivity contribution in [1.82, 2.24) is 10.6 Å². The number of carbonyl (C=O) groups excluding carboxylic acids is 3. The molecule has 1 unspecified atom stereocenters. The molecule has 7 heteroatoms. The molecular weight excluding hydrogens is 370 g/mol. The van der Waals surface area contributed by atoms with Gasteiger partial charge in [0.15, 0.2) is 5.78 Å². The summed E-state index contributed by atoms with van der Waals surface area (Å²) < 4.78 is 5.29. The normalized spacial score (nSPS) is 22.8. The van der Waals surface area contributed by atoms with Crippen LogP contribution in [0.3, 0.4) is 0 Å². The Hall–Kier alpha value is -2.41. The zero-order chi connectivity index (χ0) is 21.0. The zero-order valence-electron chi connectivity index (χ0n) is 17.4. The lowest BCUT2D eigenvalue weighted by Gasteiger charge is -2.23. The number of carbonyl (C=O) groups is 3. The van der Waals surface area contributed by atoms with Gasteiger partial charge in [-0.2, -0.15) is 0 Å². The van der Waals surface area contributed by atoms with Crippen molar-refractivity contribution in [3.8, 4) is 0 Å². The summed E-state index contributed by atoms with van der Waals surface area (Å²) >= 11 is 0. The molecule has 0 aliphatic carbocycles. The third-order valence-corrected chi connectivity index (χ3v) is 5.53. The molecule has 3 atom stereocenters. The molecule has 0 bridgehead atoms. The Bertz CT molecular complexity index is 741. The summed E-state index contributed by atoms with van der Waals surface area (Å²) in [6.07, 6.45) is 2.52. The highest BCUT2D eigenvalue weighted by molar-refractivity contribution is 5.99. The van der Waals surface area contributed by atoms with Crippen LogP contribution in [0.5, 0.6) is 0 Å². The van der Waals surface area contributed by atoms with Gasteiger partial charge >= 0.3 is 0 Å². The number of nitrogens with one attached hydrogen (secondary N) is 2. The maximum absolute atomic E-state index is 12.8. The second-order valence-electron chi connectivity index (χ2n) is 8.37. The fourth-order valence-corrected chi connectivity index (χ4v) is 3.86. The van der Waals surface area contributed by atoms with E-state index in [9.17, 15) is 14.4 Å². The summed E-state index contributed by atoms with van der Waals surface area (Å²) in [5.41, 5.74) is 1.63. The molecule has 2 amide bonds. The van der Waals surface area contributed by atoms with Crippen LogP contribution in [0.25, 0.3) is 0 Å². The van der Waals surface area contributed by atoms with E-state index in [2.05, 4.69) is 15.5 Å². The van der Waals surface area contributed by atoms with Crippen molar-refractivity contribution in [3.05, 3.63) is 29.8 Å². The van der Waals surface area contributed by atoms with E-state index >= 15 is 0 Å². The quantitative estimate of drug-likeness (QED) is 0.729. The van der Waals surface area contributed by atoms with Crippen molar-refractivity contribution in [3.63, 3.8) is 0 Å². The summed E-state index contributed by atoms with van der Waals surface area (Å²) in [5, 5.41) is 5.59. The van der Waals surface area contributed by atoms with Crippen molar-refractivity contribution in [2.75, 3.05) is 24.6 Å². The van der Waals surface area contributed by atoms with Gasteiger partial charge in [-0.25, -0.2) is 0 Å². The fraction of sp³-hybridized carbons (Fsp3) is 0.591. The number of nitrogens with zero attached hydrogens (tertiary/aromatic N) is 1. The van der Waals surface area contributed by atoms with E-state index in [1.165, 1.54) is 12.8 Å². The zero-order valence-corrected chi connectivity index (χ0v) is 17.4. The number of rotatable bonds is 7. The molecule has 0 radical (unpaired) electrons. The molecule has 3 rings (SSSR count). The first kappa shape index (κ1) is 21.3. The summed E-state index contributed by atoms with van der Waals surface area (Å²) in [6.45, 7) is 7.84. The fourth-order valence-electron chi connectivity index (χ4n) is 3.86. The molecular formula is C22H31N3O4. The van der Waals surface area contributed by atoms with Gasteiger partial charge in [0.05, 0.1) is 6.10 Å². The van der Waals surface area contributed by atoms with Crippen molar-refractivity contribution in [1.29, 1.82) is 0 Å². The molecule has 2 heterocycles. The predicted octanol–water partition coefficient (Wildman–Crippen LogP) is 1.90. The predicted molar refractivity (Wildman–Crippen MR) is 111 cm³/mol. The van der Waals surface area contributed by atoms with Crippen LogP contribution in [-0.4, -0.2) is 55.5 Å². The maximum atomic E-state index is 12.8. The Kier molecular flexibility index (Phi) is 6.90. The number of hydrogen-bond donors (Lipinski definition) is 2. The van der Waals surface area contributed by atoms with Crippen LogP contribution in [0.1, 0.15) is 50.4 Å². The SMILES string of the molecule is CC(C)C[C@H](NC(=O)c1ccc(N2CCCC2)cc1)C(=O)N[C@H]1C(=O)COC1C. The molecule has 0 aromatic heterocycles. The summed E-state index contributed by atoms with van der Waals surface area (Å²) in [6, 6.07) is 6.13. The van der Waals surface area contributed by atoms with E-state index in [1.807, 2.05) is 26.0 Å². The van der Waals surface area contributed by atoms with Gasteiger partial charge < -0.3 is 20.3 Å². The Labute approximate surface area is 172 Å². The molecule has 0 spiro atoms. The van der Waals surface area contributed by atoms with Crippen LogP contribution >= 0.6 is 0 Å². The number of anilines is 1. The van der Waals surface area contributed by atoms with Crippen LogP contribution in [0.15, 0.2) is 24.3 Å². The number of ether oxygens (including phenoxy) is 1. The average molecular weight is 402 g/mol. The largest absolute Gasteiger partial charge is 0.372 e. The highest BCUT2D eigenvalue weighted by atomic mass is 16.5. The lowest BCUT2D eigenvalue weighted by molar-refractivity contribution is -0.127. The van der Waals surface area contributed by atoms with E-state index in [-0.39, 0.29) is 36.2 Å². The van der Waals surface area contributed by atoms with Crippen molar-refractivity contribution in [2.45, 2.75) is 58.2 Å². The molecule has 7 nitrogen and oxygen atoms in total. The van der Waals surface area contributed by atoms with Gasteiger partial charge in [0, 0.05) is 24.3 Å². The number of amides is 2. The Balaban J connectivity index is 1.64. The number of Topliss-reactive ketones (excluding diaryl/α,β-unsaturated/α-hetero) is 1. The molecule has 1 aromatic carbocycles. The minimum absolute atomic E-state index is 0.0106. The number of benzene rings is 1. The molecule has 0 saturated carbocycles. The van der Waals surface area contributed by atoms with Crippen molar-refractivity contribution < 1.29 is 19.1 Å². The summed E-state index contributed by atoms with van der Waals surface area (Å²) in [5.74, 6) is -0.577. The van der Waals surface area contributed by atoms with E-state index in [4.69, 9.17) is 4.74 Å². The van der Waals surface area contributed by atoms with E-state index in [1.54, 1.807) is 19.1 Å². The van der Waals surface area contributed by atoms with Gasteiger partial charge in [-0.3, -0.25) is 14.4 Å². The van der Waals surface area contributed by atoms with Crippen molar-refractivity contribution >= 4 is 23.3 Å². The Morgan fingerprint density at radius 2 is 1.83 bits per heavy atom. The average Bonchev–Trinajstić information content (AvgIpc) is 3.33. The van der Waals surface area contributed by atoms with Gasteiger partial charge in [-0.05, 0) is 56.4 Å². The minimum Gasteiger partial charge on any atom is -0.372 e. The van der Waals surface area contributed by atoms with Gasteiger partial charge in [0.25, 0.3) is 5.91 Å². The molecule has 29 heavy (non-hydrogen) atoms. The lowest BCUT2D eigenvalue weighted by atomic mass is 10.0. The van der Waals surface area contributed by atoms with E-state index in [0.717, 1.165) is 18.8 Å². The molecule has 2 N–H and O–H groups in total. The monoisotopic (exact) mass is 401 g/mol. The third-order valence-electron chi connectivity index (χ3n) is 5.53. The second-order valence-corrected chi connectivity index (χ2v) is 8.37. The molecule has 2 fully saturated rings. The minimum atomic E-state index is -0.707. The van der Waals surface area contributed by atoms with Gasteiger partial charge in [-0.1, -0.05) is 13.8 Å². The molecule has 2 saturated heterocycles. The lowest BCUT2D eigenvalue weighted by Crippen LogP contribution is -2.53. The number of hydrogen-bond acceptors (Lipinski definition) is 5. The Morgan fingerprint density at radius 3 is 2.38 bits per heavy atom. The summed E-state index contributed by atoms with van der Waals surface area (Å²) in [4.78, 5) is 39.7. The highest BCUT2D eigenvalue weighted by Crippen LogP contribution is 2.20. The van der Waals surface area contributed by atoms with Crippen molar-refractivity contribution in [2.24, 2.45) is 5.92 Å². The van der Waals surface area contributed by atoms with Crippen LogP contribution < -0.4 is 15.5 Å². The first-order chi connectivity index (χ1) is 13.8. The molecule has 1 aromatic rings. The standard InChI is InChI=1S/C22H31N3O4/c1-14(2)12-18(22(28)24-20-15(3)29-13-19(20)26)23-21(27)16-6-8-17(9-7-16)25-10-4-5-11-25/h6-9,14-15,18,20H,4-5,10-13H2,1-3H3,(H,23,27)(H,24,28)/t15?,18-,20+/m0/s1. The van der Waals surface area contributed by atoms with Crippen LogP contribution in [0.4, 0.5) is 5.69 Å². The first-order valence-corrected chi connectivity index (χ1v) is 10.5. The third kappa shape index (κ3) is 5.35. The smallest absolute Gasteiger partial charge is 0.251 e.